The minimum absolute atomic E-state index is 0.0541. The molecule has 1 unspecified atom stereocenters. The molecule has 96 valence electrons. The first kappa shape index (κ1) is 11.6. The molecule has 1 atom stereocenters. The van der Waals surface area contributed by atoms with Crippen molar-refractivity contribution in [1.29, 1.82) is 0 Å². The van der Waals surface area contributed by atoms with Crippen LogP contribution in [0, 0.1) is 0 Å². The number of hydrogen-bond donors (Lipinski definition) is 1. The van der Waals surface area contributed by atoms with Gasteiger partial charge in [0, 0.05) is 18.0 Å². The van der Waals surface area contributed by atoms with Crippen molar-refractivity contribution in [1.82, 2.24) is 5.32 Å². The molecule has 1 N–H and O–H groups in total. The first-order chi connectivity index (χ1) is 8.86. The van der Waals surface area contributed by atoms with Crippen LogP contribution in [0.3, 0.4) is 0 Å². The van der Waals surface area contributed by atoms with E-state index in [1.807, 2.05) is 18.2 Å². The Hall–Kier alpha value is -1.52. The summed E-state index contributed by atoms with van der Waals surface area (Å²) in [6, 6.07) is 7.92. The highest BCUT2D eigenvalue weighted by molar-refractivity contribution is 5.79. The maximum Gasteiger partial charge on any atom is 0.138 e. The van der Waals surface area contributed by atoms with Gasteiger partial charge in [-0.1, -0.05) is 0 Å². The second-order valence-electron chi connectivity index (χ2n) is 4.45. The van der Waals surface area contributed by atoms with E-state index in [1.54, 1.807) is 7.11 Å². The number of hydrogen-bond acceptors (Lipinski definition) is 4. The van der Waals surface area contributed by atoms with Gasteiger partial charge in [0.15, 0.2) is 0 Å². The first-order valence-electron chi connectivity index (χ1n) is 6.26. The summed E-state index contributed by atoms with van der Waals surface area (Å²) in [6.45, 7) is 2.60. The second-order valence-corrected chi connectivity index (χ2v) is 4.45. The van der Waals surface area contributed by atoms with Crippen LogP contribution >= 0.6 is 0 Å². The molecule has 0 saturated carbocycles. The van der Waals surface area contributed by atoms with E-state index in [9.17, 15) is 0 Å². The van der Waals surface area contributed by atoms with E-state index < -0.39 is 0 Å². The molecular formula is C14H17NO3. The van der Waals surface area contributed by atoms with E-state index in [1.165, 1.54) is 0 Å². The van der Waals surface area contributed by atoms with Crippen LogP contribution in [0.1, 0.15) is 18.3 Å². The third kappa shape index (κ3) is 2.21. The molecule has 4 heteroatoms. The molecular weight excluding hydrogens is 230 g/mol. The Bertz CT molecular complexity index is 527. The van der Waals surface area contributed by atoms with Crippen LogP contribution in [0.25, 0.3) is 11.0 Å². The zero-order valence-corrected chi connectivity index (χ0v) is 10.4. The van der Waals surface area contributed by atoms with Crippen LogP contribution in [0.2, 0.25) is 0 Å². The highest BCUT2D eigenvalue weighted by atomic mass is 16.5. The first-order valence-corrected chi connectivity index (χ1v) is 6.26. The summed E-state index contributed by atoms with van der Waals surface area (Å²) >= 11 is 0. The van der Waals surface area contributed by atoms with Crippen LogP contribution in [0.15, 0.2) is 28.7 Å². The summed E-state index contributed by atoms with van der Waals surface area (Å²) in [5.74, 6) is 1.72. The largest absolute Gasteiger partial charge is 0.497 e. The number of fused-ring (bicyclic) bond motifs is 1. The molecule has 1 aliphatic heterocycles. The van der Waals surface area contributed by atoms with Gasteiger partial charge in [-0.25, -0.2) is 0 Å². The van der Waals surface area contributed by atoms with E-state index in [2.05, 4.69) is 11.4 Å². The van der Waals surface area contributed by atoms with Crippen molar-refractivity contribution in [2.75, 3.05) is 26.8 Å². The van der Waals surface area contributed by atoms with Crippen molar-refractivity contribution in [2.24, 2.45) is 0 Å². The van der Waals surface area contributed by atoms with Crippen molar-refractivity contribution < 1.29 is 13.9 Å². The average molecular weight is 247 g/mol. The van der Waals surface area contributed by atoms with Gasteiger partial charge in [-0.3, -0.25) is 0 Å². The predicted octanol–water partition coefficient (Wildman–Crippen LogP) is 2.49. The zero-order chi connectivity index (χ0) is 12.4. The van der Waals surface area contributed by atoms with Crippen LogP contribution in [0.5, 0.6) is 5.75 Å². The molecule has 1 saturated heterocycles. The average Bonchev–Trinajstić information content (AvgIpc) is 2.63. The Morgan fingerprint density at radius 2 is 2.22 bits per heavy atom. The Balaban J connectivity index is 1.91. The molecule has 1 aliphatic rings. The smallest absolute Gasteiger partial charge is 0.138 e. The predicted molar refractivity (Wildman–Crippen MR) is 68.9 cm³/mol. The van der Waals surface area contributed by atoms with Crippen LogP contribution in [0.4, 0.5) is 0 Å². The van der Waals surface area contributed by atoms with Gasteiger partial charge in [0.1, 0.15) is 23.2 Å². The number of methoxy groups -OCH3 is 1. The lowest BCUT2D eigenvalue weighted by atomic mass is 10.2. The van der Waals surface area contributed by atoms with Gasteiger partial charge in [0.05, 0.1) is 13.7 Å². The Kier molecular flexibility index (Phi) is 3.21. The normalized spacial score (nSPS) is 20.8. The van der Waals surface area contributed by atoms with Gasteiger partial charge in [-0.2, -0.15) is 0 Å². The summed E-state index contributed by atoms with van der Waals surface area (Å²) in [4.78, 5) is 0. The van der Waals surface area contributed by atoms with Crippen molar-refractivity contribution in [3.05, 3.63) is 30.0 Å². The number of furan rings is 1. The van der Waals surface area contributed by atoms with Gasteiger partial charge in [-0.15, -0.1) is 0 Å². The topological polar surface area (TPSA) is 43.6 Å². The van der Waals surface area contributed by atoms with Crippen LogP contribution < -0.4 is 10.1 Å². The number of rotatable bonds is 2. The van der Waals surface area contributed by atoms with Gasteiger partial charge in [0.25, 0.3) is 0 Å². The van der Waals surface area contributed by atoms with E-state index >= 15 is 0 Å². The Morgan fingerprint density at radius 3 is 3.11 bits per heavy atom. The van der Waals surface area contributed by atoms with E-state index in [4.69, 9.17) is 13.9 Å². The van der Waals surface area contributed by atoms with Crippen molar-refractivity contribution >= 4 is 11.0 Å². The SMILES string of the molecule is COc1ccc2cc(C3CCNCCO3)oc2c1. The van der Waals surface area contributed by atoms with Crippen molar-refractivity contribution in [3.8, 4) is 5.75 Å². The lowest BCUT2D eigenvalue weighted by Crippen LogP contribution is -2.16. The van der Waals surface area contributed by atoms with Gasteiger partial charge >= 0.3 is 0 Å². The summed E-state index contributed by atoms with van der Waals surface area (Å²) in [7, 11) is 1.66. The molecule has 4 nitrogen and oxygen atoms in total. The third-order valence-corrected chi connectivity index (χ3v) is 3.24. The number of nitrogens with one attached hydrogen (secondary N) is 1. The fourth-order valence-corrected chi connectivity index (χ4v) is 2.26. The summed E-state index contributed by atoms with van der Waals surface area (Å²) in [5.41, 5.74) is 0.852. The minimum Gasteiger partial charge on any atom is -0.497 e. The molecule has 0 spiro atoms. The molecule has 18 heavy (non-hydrogen) atoms. The van der Waals surface area contributed by atoms with Gasteiger partial charge in [0.2, 0.25) is 0 Å². The molecule has 0 aliphatic carbocycles. The number of benzene rings is 1. The maximum absolute atomic E-state index is 5.87. The molecule has 0 radical (unpaired) electrons. The van der Waals surface area contributed by atoms with Crippen LogP contribution in [-0.2, 0) is 4.74 Å². The maximum atomic E-state index is 5.87. The Labute approximate surface area is 106 Å². The van der Waals surface area contributed by atoms with E-state index in [0.717, 1.165) is 48.6 Å². The molecule has 3 rings (SSSR count). The fourth-order valence-electron chi connectivity index (χ4n) is 2.26. The molecule has 0 amide bonds. The second kappa shape index (κ2) is 5.00. The summed E-state index contributed by atoms with van der Waals surface area (Å²) < 4.78 is 16.9. The standard InChI is InChI=1S/C14H17NO3/c1-16-11-3-2-10-8-14(18-13(10)9-11)12-4-5-15-6-7-17-12/h2-3,8-9,12,15H,4-7H2,1H3. The molecule has 2 aromatic rings. The quantitative estimate of drug-likeness (QED) is 0.885. The minimum atomic E-state index is 0.0541. The summed E-state index contributed by atoms with van der Waals surface area (Å²) in [6.07, 6.45) is 0.995. The third-order valence-electron chi connectivity index (χ3n) is 3.24. The molecule has 1 aromatic heterocycles. The van der Waals surface area contributed by atoms with Gasteiger partial charge in [-0.05, 0) is 31.2 Å². The zero-order valence-electron chi connectivity index (χ0n) is 10.4. The van der Waals surface area contributed by atoms with Crippen molar-refractivity contribution in [2.45, 2.75) is 12.5 Å². The molecule has 0 bridgehead atoms. The molecule has 2 heterocycles. The van der Waals surface area contributed by atoms with E-state index in [0.29, 0.717) is 0 Å². The lowest BCUT2D eigenvalue weighted by molar-refractivity contribution is 0.0497. The van der Waals surface area contributed by atoms with Crippen molar-refractivity contribution in [3.63, 3.8) is 0 Å². The molecule has 1 fully saturated rings. The highest BCUT2D eigenvalue weighted by Crippen LogP contribution is 2.30. The van der Waals surface area contributed by atoms with Crippen LogP contribution in [-0.4, -0.2) is 26.8 Å². The lowest BCUT2D eigenvalue weighted by Gasteiger charge is -2.10. The monoisotopic (exact) mass is 247 g/mol. The highest BCUT2D eigenvalue weighted by Gasteiger charge is 2.18. The number of ether oxygens (including phenoxy) is 2. The van der Waals surface area contributed by atoms with E-state index in [-0.39, 0.29) is 6.10 Å². The fraction of sp³-hybridized carbons (Fsp3) is 0.429. The van der Waals surface area contributed by atoms with Gasteiger partial charge < -0.3 is 19.2 Å². The Morgan fingerprint density at radius 1 is 1.28 bits per heavy atom. The summed E-state index contributed by atoms with van der Waals surface area (Å²) in [5, 5.41) is 4.40. The molecule has 1 aromatic carbocycles.